The number of carbonyl (C=O) groups excluding carboxylic acids is 1. The number of carbonyl (C=O) groups is 1. The maximum Gasteiger partial charge on any atom is 0.408 e. The Labute approximate surface area is 166 Å². The first-order valence-electron chi connectivity index (χ1n) is 10.0. The molecule has 4 heterocycles. The quantitative estimate of drug-likeness (QED) is 0.751. The number of anilines is 2. The van der Waals surface area contributed by atoms with Crippen LogP contribution in [0.25, 0.3) is 0 Å². The predicted octanol–water partition coefficient (Wildman–Crippen LogP) is 1.98. The highest BCUT2D eigenvalue weighted by Crippen LogP contribution is 2.35. The zero-order chi connectivity index (χ0) is 20.9. The highest BCUT2D eigenvalue weighted by molar-refractivity contribution is 5.85. The Kier molecular flexibility index (Phi) is 5.08. The van der Waals surface area contributed by atoms with E-state index in [9.17, 15) is 22.8 Å². The van der Waals surface area contributed by atoms with E-state index >= 15 is 0 Å². The van der Waals surface area contributed by atoms with E-state index in [0.29, 0.717) is 18.9 Å². The normalized spacial score (nSPS) is 26.8. The first-order chi connectivity index (χ1) is 13.6. The van der Waals surface area contributed by atoms with E-state index in [1.165, 1.54) is 10.6 Å². The van der Waals surface area contributed by atoms with Crippen molar-refractivity contribution in [2.45, 2.75) is 64.1 Å². The minimum atomic E-state index is -4.52. The number of hydrogen-bond acceptors (Lipinski definition) is 6. The Bertz CT molecular complexity index is 842. The summed E-state index contributed by atoms with van der Waals surface area (Å²) in [4.78, 5) is 32.3. The van der Waals surface area contributed by atoms with Crippen LogP contribution in [0.15, 0.2) is 10.9 Å². The van der Waals surface area contributed by atoms with Gasteiger partial charge in [-0.15, -0.1) is 0 Å². The molecule has 3 aliphatic rings. The lowest BCUT2D eigenvalue weighted by Crippen LogP contribution is -2.54. The van der Waals surface area contributed by atoms with Crippen LogP contribution >= 0.6 is 0 Å². The van der Waals surface area contributed by atoms with Gasteiger partial charge in [-0.25, -0.2) is 0 Å². The summed E-state index contributed by atoms with van der Waals surface area (Å²) in [5.41, 5.74) is -0.397. The van der Waals surface area contributed by atoms with Crippen LogP contribution in [0, 0.1) is 5.92 Å². The van der Waals surface area contributed by atoms with E-state index in [4.69, 9.17) is 4.74 Å². The Hall–Kier alpha value is -2.10. The molecule has 7 nitrogen and oxygen atoms in total. The van der Waals surface area contributed by atoms with Crippen molar-refractivity contribution >= 4 is 17.5 Å². The molecule has 2 unspecified atom stereocenters. The molecule has 1 aromatic rings. The van der Waals surface area contributed by atoms with Crippen LogP contribution in [0.4, 0.5) is 24.9 Å². The molecule has 0 N–H and O–H groups in total. The summed E-state index contributed by atoms with van der Waals surface area (Å²) < 4.78 is 48.2. The number of aromatic nitrogens is 2. The smallest absolute Gasteiger partial charge is 0.371 e. The number of hydrogen-bond donors (Lipinski definition) is 0. The minimum Gasteiger partial charge on any atom is -0.371 e. The van der Waals surface area contributed by atoms with E-state index in [1.54, 1.807) is 13.8 Å². The topological polar surface area (TPSA) is 67.7 Å². The third kappa shape index (κ3) is 3.86. The second kappa shape index (κ2) is 7.30. The molecule has 0 aromatic carbocycles. The van der Waals surface area contributed by atoms with Gasteiger partial charge < -0.3 is 14.5 Å². The molecule has 2 saturated heterocycles. The lowest BCUT2D eigenvalue weighted by Gasteiger charge is -2.40. The van der Waals surface area contributed by atoms with Crippen LogP contribution in [0.5, 0.6) is 0 Å². The van der Waals surface area contributed by atoms with Gasteiger partial charge in [0.05, 0.1) is 18.8 Å². The summed E-state index contributed by atoms with van der Waals surface area (Å²) in [6, 6.07) is -0.460. The van der Waals surface area contributed by atoms with E-state index in [2.05, 4.69) is 4.98 Å². The van der Waals surface area contributed by atoms with Crippen LogP contribution < -0.4 is 15.4 Å². The molecule has 2 fully saturated rings. The second-order valence-corrected chi connectivity index (χ2v) is 8.36. The average molecular weight is 414 g/mol. The Morgan fingerprint density at radius 3 is 2.48 bits per heavy atom. The molecular weight excluding hydrogens is 389 g/mol. The first kappa shape index (κ1) is 20.2. The monoisotopic (exact) mass is 414 g/mol. The van der Waals surface area contributed by atoms with Crippen molar-refractivity contribution in [1.82, 2.24) is 9.55 Å². The predicted molar refractivity (Wildman–Crippen MR) is 100 cm³/mol. The van der Waals surface area contributed by atoms with Gasteiger partial charge in [-0.05, 0) is 19.3 Å². The number of morpholine rings is 1. The van der Waals surface area contributed by atoms with Gasteiger partial charge in [-0.2, -0.15) is 18.2 Å². The Morgan fingerprint density at radius 1 is 1.24 bits per heavy atom. The summed E-state index contributed by atoms with van der Waals surface area (Å²) in [5, 5.41) is 0. The zero-order valence-corrected chi connectivity index (χ0v) is 16.5. The van der Waals surface area contributed by atoms with Crippen molar-refractivity contribution in [3.63, 3.8) is 0 Å². The van der Waals surface area contributed by atoms with Crippen LogP contribution in [0.2, 0.25) is 0 Å². The van der Waals surface area contributed by atoms with E-state index in [-0.39, 0.29) is 36.9 Å². The molecule has 0 amide bonds. The van der Waals surface area contributed by atoms with Gasteiger partial charge in [0, 0.05) is 31.6 Å². The van der Waals surface area contributed by atoms with Crippen molar-refractivity contribution in [1.29, 1.82) is 0 Å². The molecule has 1 aromatic heterocycles. The number of Topliss-reactive ketones (excluding diaryl/α,β-unsaturated/α-hetero) is 1. The lowest BCUT2D eigenvalue weighted by molar-refractivity contribution is -0.153. The van der Waals surface area contributed by atoms with Crippen molar-refractivity contribution < 1.29 is 22.7 Å². The van der Waals surface area contributed by atoms with Gasteiger partial charge in [0.1, 0.15) is 11.9 Å². The molecule has 4 rings (SSSR count). The molecule has 3 aliphatic heterocycles. The molecule has 0 aliphatic carbocycles. The number of ketones is 1. The average Bonchev–Trinajstić information content (AvgIpc) is 2.98. The fourth-order valence-corrected chi connectivity index (χ4v) is 4.29. The summed E-state index contributed by atoms with van der Waals surface area (Å²) in [6.07, 6.45) is -2.85. The molecule has 0 saturated carbocycles. The van der Waals surface area contributed by atoms with E-state index in [0.717, 1.165) is 17.7 Å². The van der Waals surface area contributed by atoms with E-state index < -0.39 is 30.2 Å². The van der Waals surface area contributed by atoms with Crippen molar-refractivity contribution in [2.24, 2.45) is 5.92 Å². The molecule has 10 heteroatoms. The summed E-state index contributed by atoms with van der Waals surface area (Å²) in [7, 11) is 0. The van der Waals surface area contributed by atoms with Gasteiger partial charge in [0.25, 0.3) is 5.56 Å². The maximum absolute atomic E-state index is 13.7. The molecule has 3 atom stereocenters. The van der Waals surface area contributed by atoms with Crippen molar-refractivity contribution in [3.05, 3.63) is 16.4 Å². The number of ether oxygens (including phenoxy) is 1. The van der Waals surface area contributed by atoms with Crippen LogP contribution in [0.3, 0.4) is 0 Å². The maximum atomic E-state index is 13.7. The fourth-order valence-electron chi connectivity index (χ4n) is 4.29. The lowest BCUT2D eigenvalue weighted by atomic mass is 10.1. The van der Waals surface area contributed by atoms with Crippen molar-refractivity contribution in [3.8, 4) is 0 Å². The standard InChI is InChI=1S/C19H25F3N4O3/c1-11(2)14(27)10-26-15(19(20,21)22)5-6-25-17(28)7-16(23-18(25)26)24-8-12-3-4-13(9-24)29-12/h7,11-13,15H,3-6,8-10H2,1-2H3/t12-,13?,15?/m0/s1. The minimum absolute atomic E-state index is 0.0517. The molecule has 0 radical (unpaired) electrons. The number of halogens is 3. The van der Waals surface area contributed by atoms with Crippen LogP contribution in [-0.4, -0.2) is 59.4 Å². The third-order valence-corrected chi connectivity index (χ3v) is 5.95. The number of nitrogens with zero attached hydrogens (tertiary/aromatic N) is 4. The molecule has 2 bridgehead atoms. The SMILES string of the molecule is CC(C)C(=O)CN1c2nc(N3CC4CC[C@@H](C3)O4)cc(=O)n2CCC1C(F)(F)F. The van der Waals surface area contributed by atoms with Gasteiger partial charge in [-0.1, -0.05) is 13.8 Å². The van der Waals surface area contributed by atoms with Crippen LogP contribution in [-0.2, 0) is 16.1 Å². The molecule has 160 valence electrons. The molecule has 29 heavy (non-hydrogen) atoms. The number of fused-ring (bicyclic) bond motifs is 3. The van der Waals surface area contributed by atoms with Gasteiger partial charge >= 0.3 is 6.18 Å². The number of alkyl halides is 3. The largest absolute Gasteiger partial charge is 0.408 e. The van der Waals surface area contributed by atoms with Gasteiger partial charge in [0.2, 0.25) is 5.95 Å². The fraction of sp³-hybridized carbons (Fsp3) is 0.737. The molecule has 0 spiro atoms. The second-order valence-electron chi connectivity index (χ2n) is 8.36. The van der Waals surface area contributed by atoms with Crippen LogP contribution in [0.1, 0.15) is 33.1 Å². The van der Waals surface area contributed by atoms with Gasteiger partial charge in [-0.3, -0.25) is 14.2 Å². The summed E-state index contributed by atoms with van der Waals surface area (Å²) >= 11 is 0. The highest BCUT2D eigenvalue weighted by atomic mass is 19.4. The van der Waals surface area contributed by atoms with Gasteiger partial charge in [0.15, 0.2) is 5.78 Å². The zero-order valence-electron chi connectivity index (χ0n) is 16.5. The molecular formula is C19H25F3N4O3. The van der Waals surface area contributed by atoms with Crippen molar-refractivity contribution in [2.75, 3.05) is 29.4 Å². The summed E-state index contributed by atoms with van der Waals surface area (Å²) in [5.74, 6) is -0.457. The highest BCUT2D eigenvalue weighted by Gasteiger charge is 2.47. The van der Waals surface area contributed by atoms with E-state index in [1.807, 2.05) is 4.90 Å². The Balaban J connectivity index is 1.73. The Morgan fingerprint density at radius 2 is 1.90 bits per heavy atom. The summed E-state index contributed by atoms with van der Waals surface area (Å²) in [6.45, 7) is 3.91. The number of rotatable bonds is 4. The first-order valence-corrected chi connectivity index (χ1v) is 10.0. The third-order valence-electron chi connectivity index (χ3n) is 5.95.